The zero-order valence-corrected chi connectivity index (χ0v) is 11.9. The average Bonchev–Trinajstić information content (AvgIpc) is 2.32. The van der Waals surface area contributed by atoms with Crippen LogP contribution in [-0.4, -0.2) is 13.2 Å². The summed E-state index contributed by atoms with van der Waals surface area (Å²) in [5.41, 5.74) is 1.31. The lowest BCUT2D eigenvalue weighted by Crippen LogP contribution is -2.43. The summed E-state index contributed by atoms with van der Waals surface area (Å²) in [6.45, 7) is 6.89. The van der Waals surface area contributed by atoms with Crippen LogP contribution in [-0.2, 0) is 0 Å². The Hall–Kier alpha value is -1.02. The van der Waals surface area contributed by atoms with E-state index < -0.39 is 0 Å². The molecule has 0 aromatic heterocycles. The fourth-order valence-electron chi connectivity index (χ4n) is 2.70. The number of benzene rings is 1. The minimum atomic E-state index is 0.401. The van der Waals surface area contributed by atoms with E-state index in [1.165, 1.54) is 18.4 Å². The lowest BCUT2D eigenvalue weighted by Gasteiger charge is -2.40. The summed E-state index contributed by atoms with van der Waals surface area (Å²) in [5, 5.41) is 3.71. The molecule has 1 N–H and O–H groups in total. The van der Waals surface area contributed by atoms with Crippen molar-refractivity contribution in [3.05, 3.63) is 29.8 Å². The van der Waals surface area contributed by atoms with E-state index in [0.717, 1.165) is 17.6 Å². The van der Waals surface area contributed by atoms with E-state index in [4.69, 9.17) is 4.74 Å². The number of nitrogens with one attached hydrogen (secondary N) is 1. The molecule has 0 bridgehead atoms. The number of ether oxygens (including phenoxy) is 1. The van der Waals surface area contributed by atoms with Gasteiger partial charge < -0.3 is 10.1 Å². The Bertz CT molecular complexity index is 382. The maximum absolute atomic E-state index is 5.27. The van der Waals surface area contributed by atoms with Crippen LogP contribution in [0.1, 0.15) is 45.2 Å². The second kappa shape index (κ2) is 5.75. The van der Waals surface area contributed by atoms with E-state index in [-0.39, 0.29) is 0 Å². The lowest BCUT2D eigenvalue weighted by atomic mass is 9.73. The van der Waals surface area contributed by atoms with Crippen molar-refractivity contribution in [1.82, 2.24) is 5.32 Å². The van der Waals surface area contributed by atoms with Gasteiger partial charge >= 0.3 is 0 Å². The van der Waals surface area contributed by atoms with Gasteiger partial charge in [-0.1, -0.05) is 26.0 Å². The highest BCUT2D eigenvalue weighted by Gasteiger charge is 2.31. The van der Waals surface area contributed by atoms with Crippen LogP contribution in [0.3, 0.4) is 0 Å². The van der Waals surface area contributed by atoms with Gasteiger partial charge in [0.05, 0.1) is 7.11 Å². The predicted molar refractivity (Wildman–Crippen MR) is 75.9 cm³/mol. The van der Waals surface area contributed by atoms with Crippen molar-refractivity contribution < 1.29 is 4.74 Å². The van der Waals surface area contributed by atoms with Crippen LogP contribution in [0.15, 0.2) is 24.3 Å². The first kappa shape index (κ1) is 13.4. The van der Waals surface area contributed by atoms with E-state index >= 15 is 0 Å². The summed E-state index contributed by atoms with van der Waals surface area (Å²) in [6.07, 6.45) is 2.65. The van der Waals surface area contributed by atoms with Gasteiger partial charge in [0.1, 0.15) is 5.75 Å². The Morgan fingerprint density at radius 1 is 1.22 bits per heavy atom. The first-order valence-corrected chi connectivity index (χ1v) is 7.00. The molecule has 1 atom stereocenters. The molecule has 1 aliphatic carbocycles. The molecule has 2 heteroatoms. The summed E-state index contributed by atoms with van der Waals surface area (Å²) in [6, 6.07) is 9.43. The Balaban J connectivity index is 1.86. The third-order valence-electron chi connectivity index (χ3n) is 4.20. The van der Waals surface area contributed by atoms with Crippen molar-refractivity contribution in [2.45, 2.75) is 45.7 Å². The Morgan fingerprint density at radius 3 is 2.56 bits per heavy atom. The molecule has 0 heterocycles. The third-order valence-corrected chi connectivity index (χ3v) is 4.20. The fraction of sp³-hybridized carbons (Fsp3) is 0.625. The topological polar surface area (TPSA) is 21.3 Å². The summed E-state index contributed by atoms with van der Waals surface area (Å²) < 4.78 is 5.27. The Kier molecular flexibility index (Phi) is 4.28. The van der Waals surface area contributed by atoms with Crippen molar-refractivity contribution in [3.8, 4) is 5.75 Å². The molecule has 1 aliphatic rings. The number of hydrogen-bond donors (Lipinski definition) is 1. The SMILES string of the molecule is COc1cccc([C@H](C)NC2CC(C(C)C)C2)c1. The van der Waals surface area contributed by atoms with Gasteiger partial charge in [-0.2, -0.15) is 0 Å². The first-order chi connectivity index (χ1) is 8.60. The van der Waals surface area contributed by atoms with Crippen molar-refractivity contribution in [2.24, 2.45) is 11.8 Å². The minimum Gasteiger partial charge on any atom is -0.497 e. The summed E-state index contributed by atoms with van der Waals surface area (Å²) in [4.78, 5) is 0. The van der Waals surface area contributed by atoms with Crippen LogP contribution >= 0.6 is 0 Å². The van der Waals surface area contributed by atoms with E-state index in [0.29, 0.717) is 12.1 Å². The number of rotatable bonds is 5. The quantitative estimate of drug-likeness (QED) is 0.855. The summed E-state index contributed by atoms with van der Waals surface area (Å²) in [7, 11) is 1.72. The monoisotopic (exact) mass is 247 g/mol. The van der Waals surface area contributed by atoms with E-state index in [2.05, 4.69) is 44.3 Å². The second-order valence-corrected chi connectivity index (χ2v) is 5.84. The van der Waals surface area contributed by atoms with Crippen molar-refractivity contribution in [3.63, 3.8) is 0 Å². The molecule has 0 aliphatic heterocycles. The molecule has 0 amide bonds. The summed E-state index contributed by atoms with van der Waals surface area (Å²) in [5.74, 6) is 2.69. The van der Waals surface area contributed by atoms with Crippen LogP contribution in [0.25, 0.3) is 0 Å². The van der Waals surface area contributed by atoms with E-state index in [1.54, 1.807) is 7.11 Å². The van der Waals surface area contributed by atoms with E-state index in [9.17, 15) is 0 Å². The Labute approximate surface area is 111 Å². The van der Waals surface area contributed by atoms with Gasteiger partial charge in [-0.3, -0.25) is 0 Å². The molecule has 1 aromatic carbocycles. The van der Waals surface area contributed by atoms with Crippen LogP contribution in [0.5, 0.6) is 5.75 Å². The molecule has 0 radical (unpaired) electrons. The molecule has 1 fully saturated rings. The van der Waals surface area contributed by atoms with Crippen molar-refractivity contribution in [2.75, 3.05) is 7.11 Å². The van der Waals surface area contributed by atoms with Gasteiger partial charge in [0, 0.05) is 12.1 Å². The van der Waals surface area contributed by atoms with Crippen LogP contribution in [0.4, 0.5) is 0 Å². The van der Waals surface area contributed by atoms with Crippen molar-refractivity contribution in [1.29, 1.82) is 0 Å². The van der Waals surface area contributed by atoms with E-state index in [1.807, 2.05) is 6.07 Å². The predicted octanol–water partition coefficient (Wildman–Crippen LogP) is 3.78. The average molecular weight is 247 g/mol. The summed E-state index contributed by atoms with van der Waals surface area (Å²) >= 11 is 0. The number of hydrogen-bond acceptors (Lipinski definition) is 2. The number of methoxy groups -OCH3 is 1. The first-order valence-electron chi connectivity index (χ1n) is 7.00. The highest BCUT2D eigenvalue weighted by atomic mass is 16.5. The smallest absolute Gasteiger partial charge is 0.119 e. The van der Waals surface area contributed by atoms with Crippen molar-refractivity contribution >= 4 is 0 Å². The van der Waals surface area contributed by atoms with Crippen LogP contribution in [0, 0.1) is 11.8 Å². The maximum Gasteiger partial charge on any atom is 0.119 e. The van der Waals surface area contributed by atoms with Gasteiger partial charge in [-0.15, -0.1) is 0 Å². The molecular weight excluding hydrogens is 222 g/mol. The van der Waals surface area contributed by atoms with Gasteiger partial charge in [-0.05, 0) is 49.3 Å². The highest BCUT2D eigenvalue weighted by Crippen LogP contribution is 2.35. The zero-order valence-electron chi connectivity index (χ0n) is 11.9. The molecule has 2 rings (SSSR count). The molecule has 0 saturated heterocycles. The Morgan fingerprint density at radius 2 is 1.94 bits per heavy atom. The molecule has 1 aromatic rings. The molecule has 1 saturated carbocycles. The van der Waals surface area contributed by atoms with Crippen LogP contribution < -0.4 is 10.1 Å². The lowest BCUT2D eigenvalue weighted by molar-refractivity contribution is 0.159. The molecule has 18 heavy (non-hydrogen) atoms. The second-order valence-electron chi connectivity index (χ2n) is 5.84. The van der Waals surface area contributed by atoms with Gasteiger partial charge in [0.2, 0.25) is 0 Å². The van der Waals surface area contributed by atoms with Gasteiger partial charge in [-0.25, -0.2) is 0 Å². The van der Waals surface area contributed by atoms with Crippen LogP contribution in [0.2, 0.25) is 0 Å². The standard InChI is InChI=1S/C16H25NO/c1-11(2)14-8-15(9-14)17-12(3)13-6-5-7-16(10-13)18-4/h5-7,10-12,14-15,17H,8-9H2,1-4H3/t12-,14?,15?/m0/s1. The molecule has 0 unspecified atom stereocenters. The molecule has 100 valence electrons. The largest absolute Gasteiger partial charge is 0.497 e. The maximum atomic E-state index is 5.27. The fourth-order valence-corrected chi connectivity index (χ4v) is 2.70. The normalized spacial score (nSPS) is 24.7. The molecular formula is C16H25NO. The van der Waals surface area contributed by atoms with Gasteiger partial charge in [0.15, 0.2) is 0 Å². The molecule has 0 spiro atoms. The van der Waals surface area contributed by atoms with Gasteiger partial charge in [0.25, 0.3) is 0 Å². The highest BCUT2D eigenvalue weighted by molar-refractivity contribution is 5.30. The molecule has 2 nitrogen and oxygen atoms in total. The zero-order chi connectivity index (χ0) is 13.1. The minimum absolute atomic E-state index is 0.401. The third kappa shape index (κ3) is 3.05.